The number of carbonyl (C=O) groups excluding carboxylic acids is 1. The van der Waals surface area contributed by atoms with E-state index in [-0.39, 0.29) is 6.03 Å². The lowest BCUT2D eigenvalue weighted by molar-refractivity contribution is 0.207. The number of benzene rings is 1. The molecule has 1 aliphatic rings. The molecule has 1 saturated heterocycles. The van der Waals surface area contributed by atoms with Crippen molar-refractivity contribution in [2.24, 2.45) is 0 Å². The number of anilines is 2. The lowest BCUT2D eigenvalue weighted by Crippen LogP contribution is -2.50. The molecule has 2 aromatic heterocycles. The molecule has 1 aliphatic heterocycles. The predicted molar refractivity (Wildman–Crippen MR) is 106 cm³/mol. The molecule has 4 rings (SSSR count). The van der Waals surface area contributed by atoms with E-state index >= 15 is 0 Å². The minimum Gasteiger partial charge on any atom is -0.353 e. The van der Waals surface area contributed by atoms with Crippen LogP contribution >= 0.6 is 0 Å². The van der Waals surface area contributed by atoms with E-state index in [0.717, 1.165) is 22.6 Å². The van der Waals surface area contributed by atoms with Gasteiger partial charge in [0, 0.05) is 43.5 Å². The van der Waals surface area contributed by atoms with Crippen molar-refractivity contribution in [2.75, 3.05) is 36.4 Å². The molecule has 3 heterocycles. The maximum atomic E-state index is 12.5. The molecular weight excluding hydrogens is 356 g/mol. The van der Waals surface area contributed by atoms with E-state index in [1.54, 1.807) is 11.1 Å². The first-order chi connectivity index (χ1) is 13.6. The first kappa shape index (κ1) is 18.0. The summed E-state index contributed by atoms with van der Waals surface area (Å²) in [6.07, 6.45) is 1.78. The number of amides is 2. The lowest BCUT2D eigenvalue weighted by Gasteiger charge is -2.35. The molecule has 0 bridgehead atoms. The number of piperazine rings is 1. The minimum atomic E-state index is -0.174. The van der Waals surface area contributed by atoms with Crippen LogP contribution in [0.1, 0.15) is 11.3 Å². The molecule has 8 nitrogen and oxygen atoms in total. The molecular formula is C20H22N6O2. The average molecular weight is 378 g/mol. The summed E-state index contributed by atoms with van der Waals surface area (Å²) in [7, 11) is 0. The first-order valence-corrected chi connectivity index (χ1v) is 9.24. The van der Waals surface area contributed by atoms with Crippen molar-refractivity contribution in [3.63, 3.8) is 0 Å². The highest BCUT2D eigenvalue weighted by Gasteiger charge is 2.23. The van der Waals surface area contributed by atoms with E-state index in [9.17, 15) is 4.79 Å². The third kappa shape index (κ3) is 3.66. The second-order valence-corrected chi connectivity index (χ2v) is 6.73. The van der Waals surface area contributed by atoms with Gasteiger partial charge in [-0.15, -0.1) is 0 Å². The van der Waals surface area contributed by atoms with Crippen molar-refractivity contribution >= 4 is 17.7 Å². The number of urea groups is 1. The van der Waals surface area contributed by atoms with Gasteiger partial charge in [-0.05, 0) is 19.9 Å². The van der Waals surface area contributed by atoms with Gasteiger partial charge >= 0.3 is 6.03 Å². The minimum absolute atomic E-state index is 0.174. The van der Waals surface area contributed by atoms with Crippen LogP contribution in [0.2, 0.25) is 0 Å². The van der Waals surface area contributed by atoms with Crippen molar-refractivity contribution in [1.29, 1.82) is 0 Å². The highest BCUT2D eigenvalue weighted by molar-refractivity contribution is 5.88. The number of nitrogens with zero attached hydrogens (tertiary/aromatic N) is 5. The van der Waals surface area contributed by atoms with Gasteiger partial charge in [0.05, 0.1) is 5.69 Å². The zero-order chi connectivity index (χ0) is 19.5. The van der Waals surface area contributed by atoms with Crippen molar-refractivity contribution in [3.8, 4) is 11.4 Å². The molecule has 0 unspecified atom stereocenters. The van der Waals surface area contributed by atoms with Crippen molar-refractivity contribution < 1.29 is 9.32 Å². The number of carbonyl (C=O) groups is 1. The highest BCUT2D eigenvalue weighted by Crippen LogP contribution is 2.21. The van der Waals surface area contributed by atoms with Crippen molar-refractivity contribution in [3.05, 3.63) is 53.9 Å². The number of aromatic nitrogens is 3. The summed E-state index contributed by atoms with van der Waals surface area (Å²) in [6, 6.07) is 11.6. The van der Waals surface area contributed by atoms with Crippen LogP contribution < -0.4 is 10.2 Å². The van der Waals surface area contributed by atoms with Gasteiger partial charge in [-0.3, -0.25) is 5.32 Å². The Bertz CT molecular complexity index is 964. The molecule has 28 heavy (non-hydrogen) atoms. The Morgan fingerprint density at radius 2 is 1.82 bits per heavy atom. The van der Waals surface area contributed by atoms with Crippen LogP contribution in [0.5, 0.6) is 0 Å². The van der Waals surface area contributed by atoms with E-state index in [1.807, 2.05) is 50.2 Å². The fourth-order valence-electron chi connectivity index (χ4n) is 3.10. The quantitative estimate of drug-likeness (QED) is 0.754. The number of nitrogens with one attached hydrogen (secondary N) is 1. The van der Waals surface area contributed by atoms with Gasteiger partial charge in [0.25, 0.3) is 0 Å². The number of hydrogen-bond donors (Lipinski definition) is 1. The zero-order valence-corrected chi connectivity index (χ0v) is 15.9. The molecule has 0 atom stereocenters. The molecule has 0 spiro atoms. The highest BCUT2D eigenvalue weighted by atomic mass is 16.5. The van der Waals surface area contributed by atoms with Gasteiger partial charge in [-0.25, -0.2) is 14.8 Å². The second-order valence-electron chi connectivity index (χ2n) is 6.73. The number of aryl methyl sites for hydroxylation is 1. The third-order valence-electron chi connectivity index (χ3n) is 4.94. The van der Waals surface area contributed by atoms with Crippen LogP contribution in [0.3, 0.4) is 0 Å². The fraction of sp³-hybridized carbons (Fsp3) is 0.300. The molecule has 1 N–H and O–H groups in total. The van der Waals surface area contributed by atoms with Crippen LogP contribution in [0.25, 0.3) is 11.4 Å². The molecule has 0 radical (unpaired) electrons. The Morgan fingerprint density at radius 1 is 1.07 bits per heavy atom. The van der Waals surface area contributed by atoms with E-state index in [1.165, 1.54) is 0 Å². The number of hydrogen-bond acceptors (Lipinski definition) is 6. The zero-order valence-electron chi connectivity index (χ0n) is 15.9. The van der Waals surface area contributed by atoms with E-state index in [0.29, 0.717) is 37.9 Å². The smallest absolute Gasteiger partial charge is 0.324 e. The topological polar surface area (TPSA) is 87.4 Å². The summed E-state index contributed by atoms with van der Waals surface area (Å²) >= 11 is 0. The monoisotopic (exact) mass is 378 g/mol. The largest absolute Gasteiger partial charge is 0.353 e. The van der Waals surface area contributed by atoms with Crippen LogP contribution in [0, 0.1) is 13.8 Å². The van der Waals surface area contributed by atoms with Crippen LogP contribution in [0.15, 0.2) is 47.1 Å². The van der Waals surface area contributed by atoms with E-state index in [4.69, 9.17) is 9.51 Å². The Hall–Kier alpha value is -3.42. The number of rotatable bonds is 3. The van der Waals surface area contributed by atoms with E-state index in [2.05, 4.69) is 20.4 Å². The Balaban J connectivity index is 1.39. The third-order valence-corrected chi connectivity index (χ3v) is 4.94. The van der Waals surface area contributed by atoms with Gasteiger partial charge in [-0.1, -0.05) is 35.5 Å². The fourth-order valence-corrected chi connectivity index (χ4v) is 3.10. The van der Waals surface area contributed by atoms with Gasteiger partial charge < -0.3 is 14.3 Å². The summed E-state index contributed by atoms with van der Waals surface area (Å²) in [5.41, 5.74) is 2.61. The Morgan fingerprint density at radius 3 is 2.50 bits per heavy atom. The standard InChI is InChI=1S/C20H22N6O2/c1-14-15(2)24-28-19(14)23-20(27)26-12-10-25(11-13-26)17-8-9-21-18(22-17)16-6-4-3-5-7-16/h3-9H,10-13H2,1-2H3,(H,23,27). The predicted octanol–water partition coefficient (Wildman–Crippen LogP) is 3.10. The molecule has 1 aromatic carbocycles. The summed E-state index contributed by atoms with van der Waals surface area (Å²) < 4.78 is 5.17. The van der Waals surface area contributed by atoms with Gasteiger partial charge in [0.2, 0.25) is 5.88 Å². The Labute approximate surface area is 163 Å². The summed E-state index contributed by atoms with van der Waals surface area (Å²) in [5.74, 6) is 1.98. The molecule has 8 heteroatoms. The van der Waals surface area contributed by atoms with Crippen molar-refractivity contribution in [1.82, 2.24) is 20.0 Å². The lowest BCUT2D eigenvalue weighted by atomic mass is 10.2. The summed E-state index contributed by atoms with van der Waals surface area (Å²) in [5, 5.41) is 6.67. The average Bonchev–Trinajstić information content (AvgIpc) is 3.06. The van der Waals surface area contributed by atoms with Crippen LogP contribution in [-0.2, 0) is 0 Å². The molecule has 2 amide bonds. The summed E-state index contributed by atoms with van der Waals surface area (Å²) in [6.45, 7) is 6.32. The SMILES string of the molecule is Cc1noc(NC(=O)N2CCN(c3ccnc(-c4ccccc4)n3)CC2)c1C. The summed E-state index contributed by atoms with van der Waals surface area (Å²) in [4.78, 5) is 25.5. The van der Waals surface area contributed by atoms with Crippen molar-refractivity contribution in [2.45, 2.75) is 13.8 Å². The Kier molecular flexibility index (Phi) is 4.92. The normalized spacial score (nSPS) is 14.2. The van der Waals surface area contributed by atoms with Gasteiger partial charge in [0.1, 0.15) is 5.82 Å². The molecule has 144 valence electrons. The second kappa shape index (κ2) is 7.67. The first-order valence-electron chi connectivity index (χ1n) is 9.24. The molecule has 3 aromatic rings. The molecule has 0 aliphatic carbocycles. The molecule has 0 saturated carbocycles. The van der Waals surface area contributed by atoms with E-state index < -0.39 is 0 Å². The molecule has 1 fully saturated rings. The van der Waals surface area contributed by atoms with Gasteiger partial charge in [-0.2, -0.15) is 0 Å². The van der Waals surface area contributed by atoms with Gasteiger partial charge in [0.15, 0.2) is 5.82 Å². The van der Waals surface area contributed by atoms with Crippen LogP contribution in [-0.4, -0.2) is 52.2 Å². The maximum Gasteiger partial charge on any atom is 0.324 e. The maximum absolute atomic E-state index is 12.5. The van der Waals surface area contributed by atoms with Crippen LogP contribution in [0.4, 0.5) is 16.5 Å².